The molecule has 0 fully saturated rings. The first-order valence-corrected chi connectivity index (χ1v) is 5.18. The number of benzene rings is 1. The third kappa shape index (κ3) is 2.18. The lowest BCUT2D eigenvalue weighted by molar-refractivity contribution is 0.0697. The Balaban J connectivity index is 2.57. The van der Waals surface area contributed by atoms with Crippen molar-refractivity contribution in [3.63, 3.8) is 0 Å². The Morgan fingerprint density at radius 3 is 2.88 bits per heavy atom. The van der Waals surface area contributed by atoms with E-state index in [1.165, 1.54) is 29.1 Å². The lowest BCUT2D eigenvalue weighted by Gasteiger charge is -1.98. The van der Waals surface area contributed by atoms with Gasteiger partial charge in [0.1, 0.15) is 17.1 Å². The lowest BCUT2D eigenvalue weighted by atomic mass is 10.1. The predicted octanol–water partition coefficient (Wildman–Crippen LogP) is 2.41. The van der Waals surface area contributed by atoms with Gasteiger partial charge in [-0.25, -0.2) is 9.18 Å². The molecule has 5 heteroatoms. The van der Waals surface area contributed by atoms with Crippen molar-refractivity contribution in [2.24, 2.45) is 0 Å². The van der Waals surface area contributed by atoms with E-state index >= 15 is 0 Å². The molecule has 0 aliphatic heterocycles. The summed E-state index contributed by atoms with van der Waals surface area (Å²) in [7, 11) is 0. The number of hydrogen-bond donors (Lipinski definition) is 1. The van der Waals surface area contributed by atoms with Gasteiger partial charge in [0.25, 0.3) is 0 Å². The van der Waals surface area contributed by atoms with Crippen LogP contribution >= 0.6 is 0 Å². The maximum Gasteiger partial charge on any atom is 0.339 e. The van der Waals surface area contributed by atoms with E-state index in [4.69, 9.17) is 5.11 Å². The van der Waals surface area contributed by atoms with E-state index in [9.17, 15) is 9.18 Å². The minimum absolute atomic E-state index is 0.0810. The zero-order chi connectivity index (χ0) is 12.4. The summed E-state index contributed by atoms with van der Waals surface area (Å²) in [6.07, 6.45) is 1.45. The molecule has 0 spiro atoms. The molecule has 1 heterocycles. The molecule has 17 heavy (non-hydrogen) atoms. The van der Waals surface area contributed by atoms with Crippen molar-refractivity contribution < 1.29 is 14.3 Å². The van der Waals surface area contributed by atoms with Crippen LogP contribution in [-0.2, 0) is 6.54 Å². The summed E-state index contributed by atoms with van der Waals surface area (Å²) >= 11 is 0. The zero-order valence-corrected chi connectivity index (χ0v) is 9.22. The van der Waals surface area contributed by atoms with Gasteiger partial charge in [-0.1, -0.05) is 12.1 Å². The highest BCUT2D eigenvalue weighted by atomic mass is 19.1. The summed E-state index contributed by atoms with van der Waals surface area (Å²) in [6, 6.07) is 5.74. The summed E-state index contributed by atoms with van der Waals surface area (Å²) in [5.41, 5.74) is 0.839. The van der Waals surface area contributed by atoms with Crippen molar-refractivity contribution in [2.45, 2.75) is 13.5 Å². The number of aromatic carboxylic acids is 1. The number of halogens is 1. The van der Waals surface area contributed by atoms with Crippen LogP contribution in [0.2, 0.25) is 0 Å². The van der Waals surface area contributed by atoms with Crippen LogP contribution in [0.5, 0.6) is 0 Å². The molecule has 1 aromatic carbocycles. The van der Waals surface area contributed by atoms with Crippen molar-refractivity contribution in [3.05, 3.63) is 41.8 Å². The Kier molecular flexibility index (Phi) is 2.91. The van der Waals surface area contributed by atoms with E-state index in [1.807, 2.05) is 6.92 Å². The summed E-state index contributed by atoms with van der Waals surface area (Å²) in [6.45, 7) is 2.42. The minimum atomic E-state index is -1.07. The van der Waals surface area contributed by atoms with Crippen molar-refractivity contribution in [2.75, 3.05) is 0 Å². The first-order valence-electron chi connectivity index (χ1n) is 5.18. The molecule has 0 saturated heterocycles. The van der Waals surface area contributed by atoms with Gasteiger partial charge in [-0.05, 0) is 19.1 Å². The van der Waals surface area contributed by atoms with E-state index in [0.717, 1.165) is 0 Å². The first kappa shape index (κ1) is 11.3. The van der Waals surface area contributed by atoms with Crippen LogP contribution in [0.25, 0.3) is 11.3 Å². The quantitative estimate of drug-likeness (QED) is 0.887. The largest absolute Gasteiger partial charge is 0.478 e. The average Bonchev–Trinajstić information content (AvgIpc) is 2.73. The highest BCUT2D eigenvalue weighted by Crippen LogP contribution is 2.22. The highest BCUT2D eigenvalue weighted by molar-refractivity contribution is 5.94. The third-order valence-corrected chi connectivity index (χ3v) is 2.41. The van der Waals surface area contributed by atoms with Crippen molar-refractivity contribution >= 4 is 5.97 Å². The molecule has 0 bridgehead atoms. The van der Waals surface area contributed by atoms with E-state index in [0.29, 0.717) is 17.8 Å². The van der Waals surface area contributed by atoms with Crippen LogP contribution in [0, 0.1) is 5.82 Å². The van der Waals surface area contributed by atoms with Crippen LogP contribution in [0.3, 0.4) is 0 Å². The fourth-order valence-corrected chi connectivity index (χ4v) is 1.59. The molecule has 0 saturated carbocycles. The fourth-order valence-electron chi connectivity index (χ4n) is 1.59. The van der Waals surface area contributed by atoms with Crippen LogP contribution in [0.15, 0.2) is 30.5 Å². The van der Waals surface area contributed by atoms with Gasteiger partial charge in [0.15, 0.2) is 0 Å². The van der Waals surface area contributed by atoms with Gasteiger partial charge in [-0.2, -0.15) is 5.10 Å². The van der Waals surface area contributed by atoms with Gasteiger partial charge in [-0.15, -0.1) is 0 Å². The SMILES string of the molecule is CCn1cc(C(=O)O)c(-c2cccc(F)c2)n1. The van der Waals surface area contributed by atoms with E-state index in [-0.39, 0.29) is 5.56 Å². The van der Waals surface area contributed by atoms with Crippen LogP contribution in [0.4, 0.5) is 4.39 Å². The predicted molar refractivity (Wildman–Crippen MR) is 60.3 cm³/mol. The van der Waals surface area contributed by atoms with E-state index in [2.05, 4.69) is 5.10 Å². The second-order valence-corrected chi connectivity index (χ2v) is 3.56. The summed E-state index contributed by atoms with van der Waals surface area (Å²) in [4.78, 5) is 11.1. The molecule has 1 aromatic heterocycles. The topological polar surface area (TPSA) is 55.1 Å². The second kappa shape index (κ2) is 4.37. The third-order valence-electron chi connectivity index (χ3n) is 2.41. The molecule has 2 aromatic rings. The monoisotopic (exact) mass is 234 g/mol. The molecular weight excluding hydrogens is 223 g/mol. The molecule has 2 rings (SSSR count). The van der Waals surface area contributed by atoms with Gasteiger partial charge < -0.3 is 5.11 Å². The number of carbonyl (C=O) groups is 1. The molecule has 0 aliphatic rings. The molecule has 0 aliphatic carbocycles. The van der Waals surface area contributed by atoms with Gasteiger partial charge in [-0.3, -0.25) is 4.68 Å². The van der Waals surface area contributed by atoms with Gasteiger partial charge in [0.05, 0.1) is 0 Å². The Hall–Kier alpha value is -2.17. The molecule has 4 nitrogen and oxygen atoms in total. The van der Waals surface area contributed by atoms with Crippen molar-refractivity contribution in [1.82, 2.24) is 9.78 Å². The van der Waals surface area contributed by atoms with Crippen LogP contribution < -0.4 is 0 Å². The summed E-state index contributed by atoms with van der Waals surface area (Å²) in [5, 5.41) is 13.2. The van der Waals surface area contributed by atoms with Gasteiger partial charge in [0, 0.05) is 18.3 Å². The molecule has 0 amide bonds. The molecular formula is C12H11FN2O2. The Morgan fingerprint density at radius 1 is 1.53 bits per heavy atom. The van der Waals surface area contributed by atoms with Gasteiger partial charge >= 0.3 is 5.97 Å². The highest BCUT2D eigenvalue weighted by Gasteiger charge is 2.16. The normalized spacial score (nSPS) is 10.5. The second-order valence-electron chi connectivity index (χ2n) is 3.56. The Morgan fingerprint density at radius 2 is 2.29 bits per heavy atom. The Bertz CT molecular complexity index is 563. The molecule has 1 N–H and O–H groups in total. The van der Waals surface area contributed by atoms with E-state index < -0.39 is 11.8 Å². The minimum Gasteiger partial charge on any atom is -0.478 e. The zero-order valence-electron chi connectivity index (χ0n) is 9.22. The average molecular weight is 234 g/mol. The number of carboxylic acids is 1. The molecule has 0 unspecified atom stereocenters. The molecule has 0 radical (unpaired) electrons. The van der Waals surface area contributed by atoms with Crippen LogP contribution in [0.1, 0.15) is 17.3 Å². The first-order chi connectivity index (χ1) is 8.11. The number of nitrogens with zero attached hydrogens (tertiary/aromatic N) is 2. The standard InChI is InChI=1S/C12H11FN2O2/c1-2-15-7-10(12(16)17)11(14-15)8-4-3-5-9(13)6-8/h3-7H,2H2,1H3,(H,16,17). The number of carboxylic acid groups (broad SMARTS) is 1. The van der Waals surface area contributed by atoms with Crippen LogP contribution in [-0.4, -0.2) is 20.9 Å². The smallest absolute Gasteiger partial charge is 0.339 e. The number of rotatable bonds is 3. The number of hydrogen-bond acceptors (Lipinski definition) is 2. The molecule has 0 atom stereocenters. The maximum atomic E-state index is 13.1. The van der Waals surface area contributed by atoms with Crippen molar-refractivity contribution in [3.8, 4) is 11.3 Å². The maximum absolute atomic E-state index is 13.1. The summed E-state index contributed by atoms with van der Waals surface area (Å²) in [5.74, 6) is -1.48. The molecule has 88 valence electrons. The van der Waals surface area contributed by atoms with E-state index in [1.54, 1.807) is 6.07 Å². The number of aryl methyl sites for hydroxylation is 1. The Labute approximate surface area is 97.3 Å². The summed E-state index contributed by atoms with van der Waals surface area (Å²) < 4.78 is 14.6. The fraction of sp³-hybridized carbons (Fsp3) is 0.167. The van der Waals surface area contributed by atoms with Crippen molar-refractivity contribution in [1.29, 1.82) is 0 Å². The van der Waals surface area contributed by atoms with Gasteiger partial charge in [0.2, 0.25) is 0 Å². The lowest BCUT2D eigenvalue weighted by Crippen LogP contribution is -1.96. The number of aromatic nitrogens is 2.